The standard InChI is InChI=1S/C14H12BrFN2O2/c1-9-5-6-11(7-12(9)15)17-8-10-3-2-4-13(14(10)16)18(19)20/h2-7,17H,8H2,1H3. The number of nitro groups is 1. The third-order valence-electron chi connectivity index (χ3n) is 2.91. The van der Waals surface area contributed by atoms with Crippen LogP contribution in [0.4, 0.5) is 15.8 Å². The van der Waals surface area contributed by atoms with Crippen molar-refractivity contribution in [3.63, 3.8) is 0 Å². The Balaban J connectivity index is 2.17. The van der Waals surface area contributed by atoms with Crippen LogP contribution in [0.5, 0.6) is 0 Å². The van der Waals surface area contributed by atoms with Crippen LogP contribution in [0.1, 0.15) is 11.1 Å². The summed E-state index contributed by atoms with van der Waals surface area (Å²) in [4.78, 5) is 9.95. The van der Waals surface area contributed by atoms with Crippen LogP contribution in [0.2, 0.25) is 0 Å². The van der Waals surface area contributed by atoms with E-state index in [0.29, 0.717) is 0 Å². The van der Waals surface area contributed by atoms with Gasteiger partial charge in [0.25, 0.3) is 0 Å². The molecule has 6 heteroatoms. The van der Waals surface area contributed by atoms with Crippen LogP contribution in [0.3, 0.4) is 0 Å². The first-order chi connectivity index (χ1) is 9.49. The van der Waals surface area contributed by atoms with Gasteiger partial charge in [0.05, 0.1) is 4.92 Å². The molecular formula is C14H12BrFN2O2. The minimum Gasteiger partial charge on any atom is -0.381 e. The van der Waals surface area contributed by atoms with E-state index in [9.17, 15) is 14.5 Å². The van der Waals surface area contributed by atoms with Crippen LogP contribution in [-0.4, -0.2) is 4.92 Å². The summed E-state index contributed by atoms with van der Waals surface area (Å²) in [6.07, 6.45) is 0. The first-order valence-corrected chi connectivity index (χ1v) is 6.70. The molecule has 0 aliphatic rings. The Morgan fingerprint density at radius 2 is 2.10 bits per heavy atom. The molecule has 4 nitrogen and oxygen atoms in total. The van der Waals surface area contributed by atoms with E-state index in [1.165, 1.54) is 12.1 Å². The van der Waals surface area contributed by atoms with E-state index in [-0.39, 0.29) is 12.1 Å². The lowest BCUT2D eigenvalue weighted by molar-refractivity contribution is -0.387. The Morgan fingerprint density at radius 3 is 2.75 bits per heavy atom. The number of aryl methyl sites for hydroxylation is 1. The van der Waals surface area contributed by atoms with Gasteiger partial charge in [0.1, 0.15) is 0 Å². The molecule has 0 aromatic heterocycles. The van der Waals surface area contributed by atoms with Crippen LogP contribution >= 0.6 is 15.9 Å². The van der Waals surface area contributed by atoms with Gasteiger partial charge >= 0.3 is 5.69 Å². The van der Waals surface area contributed by atoms with Crippen LogP contribution in [0.25, 0.3) is 0 Å². The SMILES string of the molecule is Cc1ccc(NCc2cccc([N+](=O)[O-])c2F)cc1Br. The number of nitrogens with one attached hydrogen (secondary N) is 1. The number of rotatable bonds is 4. The number of hydrogen-bond acceptors (Lipinski definition) is 3. The maximum absolute atomic E-state index is 13.9. The molecule has 1 N–H and O–H groups in total. The number of anilines is 1. The van der Waals surface area contributed by atoms with Crippen molar-refractivity contribution in [2.75, 3.05) is 5.32 Å². The van der Waals surface area contributed by atoms with Crippen molar-refractivity contribution < 1.29 is 9.31 Å². The number of nitro benzene ring substituents is 1. The Kier molecular flexibility index (Phi) is 4.34. The quantitative estimate of drug-likeness (QED) is 0.663. The topological polar surface area (TPSA) is 55.2 Å². The van der Waals surface area contributed by atoms with Gasteiger partial charge in [0, 0.05) is 28.3 Å². The van der Waals surface area contributed by atoms with Gasteiger partial charge in [0.2, 0.25) is 5.82 Å². The second kappa shape index (κ2) is 6.00. The molecule has 2 aromatic carbocycles. The largest absolute Gasteiger partial charge is 0.381 e. The van der Waals surface area contributed by atoms with E-state index in [4.69, 9.17) is 0 Å². The summed E-state index contributed by atoms with van der Waals surface area (Å²) in [6, 6.07) is 9.83. The van der Waals surface area contributed by atoms with Crippen LogP contribution in [-0.2, 0) is 6.54 Å². The summed E-state index contributed by atoms with van der Waals surface area (Å²) in [5.41, 5.74) is 1.66. The lowest BCUT2D eigenvalue weighted by atomic mass is 10.1. The van der Waals surface area contributed by atoms with Gasteiger partial charge in [-0.3, -0.25) is 10.1 Å². The first-order valence-electron chi connectivity index (χ1n) is 5.91. The first kappa shape index (κ1) is 14.5. The molecule has 0 spiro atoms. The van der Waals surface area contributed by atoms with Gasteiger partial charge in [-0.05, 0) is 24.6 Å². The molecule has 0 aliphatic carbocycles. The molecule has 0 saturated heterocycles. The van der Waals surface area contributed by atoms with Crippen LogP contribution in [0, 0.1) is 22.9 Å². The summed E-state index contributed by atoms with van der Waals surface area (Å²) in [5, 5.41) is 13.7. The Bertz CT molecular complexity index is 662. The van der Waals surface area contributed by atoms with E-state index in [2.05, 4.69) is 21.2 Å². The van der Waals surface area contributed by atoms with Gasteiger partial charge in [-0.15, -0.1) is 0 Å². The average Bonchev–Trinajstić information content (AvgIpc) is 2.41. The highest BCUT2D eigenvalue weighted by Crippen LogP contribution is 2.23. The molecule has 0 bridgehead atoms. The third-order valence-corrected chi connectivity index (χ3v) is 3.76. The van der Waals surface area contributed by atoms with Gasteiger partial charge in [-0.2, -0.15) is 4.39 Å². The maximum atomic E-state index is 13.9. The van der Waals surface area contributed by atoms with Crippen molar-refractivity contribution in [3.8, 4) is 0 Å². The van der Waals surface area contributed by atoms with Crippen molar-refractivity contribution in [2.24, 2.45) is 0 Å². The highest BCUT2D eigenvalue weighted by molar-refractivity contribution is 9.10. The van der Waals surface area contributed by atoms with Crippen molar-refractivity contribution in [1.29, 1.82) is 0 Å². The fourth-order valence-electron chi connectivity index (χ4n) is 1.74. The molecule has 0 heterocycles. The maximum Gasteiger partial charge on any atom is 0.305 e. The monoisotopic (exact) mass is 338 g/mol. The Hall–Kier alpha value is -1.95. The minimum atomic E-state index is -0.795. The summed E-state index contributed by atoms with van der Waals surface area (Å²) in [7, 11) is 0. The van der Waals surface area contributed by atoms with E-state index >= 15 is 0 Å². The molecule has 20 heavy (non-hydrogen) atoms. The molecule has 2 aromatic rings. The molecule has 0 atom stereocenters. The lowest BCUT2D eigenvalue weighted by Crippen LogP contribution is -2.04. The predicted molar refractivity (Wildman–Crippen MR) is 79.3 cm³/mol. The van der Waals surface area contributed by atoms with Crippen LogP contribution in [0.15, 0.2) is 40.9 Å². The second-order valence-corrected chi connectivity index (χ2v) is 5.18. The van der Waals surface area contributed by atoms with E-state index in [1.807, 2.05) is 25.1 Å². The normalized spacial score (nSPS) is 10.3. The summed E-state index contributed by atoms with van der Waals surface area (Å²) < 4.78 is 14.8. The number of benzene rings is 2. The zero-order valence-corrected chi connectivity index (χ0v) is 12.3. The molecule has 0 amide bonds. The highest BCUT2D eigenvalue weighted by Gasteiger charge is 2.16. The smallest absolute Gasteiger partial charge is 0.305 e. The molecule has 0 saturated carbocycles. The van der Waals surface area contributed by atoms with E-state index < -0.39 is 16.4 Å². The molecule has 0 aliphatic heterocycles. The average molecular weight is 339 g/mol. The fraction of sp³-hybridized carbons (Fsp3) is 0.143. The number of nitrogens with zero attached hydrogens (tertiary/aromatic N) is 1. The molecule has 2 rings (SSSR count). The summed E-state index contributed by atoms with van der Waals surface area (Å²) in [5.74, 6) is -0.795. The fourth-order valence-corrected chi connectivity index (χ4v) is 2.12. The van der Waals surface area contributed by atoms with Gasteiger partial charge < -0.3 is 5.32 Å². The zero-order valence-electron chi connectivity index (χ0n) is 10.7. The number of hydrogen-bond donors (Lipinski definition) is 1. The molecule has 0 radical (unpaired) electrons. The molecular weight excluding hydrogens is 327 g/mol. The number of halogens is 2. The Morgan fingerprint density at radius 1 is 1.35 bits per heavy atom. The van der Waals surface area contributed by atoms with Gasteiger partial charge in [-0.25, -0.2) is 0 Å². The molecule has 0 unspecified atom stereocenters. The van der Waals surface area contributed by atoms with E-state index in [0.717, 1.165) is 21.8 Å². The van der Waals surface area contributed by atoms with Crippen LogP contribution < -0.4 is 5.32 Å². The van der Waals surface area contributed by atoms with Crippen molar-refractivity contribution in [1.82, 2.24) is 0 Å². The van der Waals surface area contributed by atoms with Crippen molar-refractivity contribution in [3.05, 3.63) is 67.9 Å². The summed E-state index contributed by atoms with van der Waals surface area (Å²) >= 11 is 3.41. The predicted octanol–water partition coefficient (Wildman–Crippen LogP) is 4.42. The third kappa shape index (κ3) is 3.14. The second-order valence-electron chi connectivity index (χ2n) is 4.32. The molecule has 0 fully saturated rings. The molecule has 104 valence electrons. The van der Waals surface area contributed by atoms with Crippen molar-refractivity contribution in [2.45, 2.75) is 13.5 Å². The zero-order chi connectivity index (χ0) is 14.7. The Labute approximate surface area is 123 Å². The van der Waals surface area contributed by atoms with E-state index in [1.54, 1.807) is 0 Å². The lowest BCUT2D eigenvalue weighted by Gasteiger charge is -2.09. The highest BCUT2D eigenvalue weighted by atomic mass is 79.9. The van der Waals surface area contributed by atoms with Crippen molar-refractivity contribution >= 4 is 27.3 Å². The van der Waals surface area contributed by atoms with Gasteiger partial charge in [-0.1, -0.05) is 34.1 Å². The minimum absolute atomic E-state index is 0.184. The van der Waals surface area contributed by atoms with Gasteiger partial charge in [0.15, 0.2) is 0 Å². The summed E-state index contributed by atoms with van der Waals surface area (Å²) in [6.45, 7) is 2.15.